The molecule has 1 aromatic carbocycles. The molecule has 1 aromatic heterocycles. The number of carbonyl (C=O) groups is 4. The van der Waals surface area contributed by atoms with Gasteiger partial charge in [-0.3, -0.25) is 9.59 Å². The Morgan fingerprint density at radius 2 is 1.80 bits per heavy atom. The summed E-state index contributed by atoms with van der Waals surface area (Å²) in [4.78, 5) is 63.5. The third-order valence-electron chi connectivity index (χ3n) is 9.04. The standard InChI is InChI=1S/C29H30F2N4O9.2Na/c1-11-17(23(28(41)42)35-21(11)19(12(2)36)26(35)38)10-44-29(43)32-13-5-6-33(8-13)24-18(30)7-15-22(20(24)31)34(14-3-4-14)9-16(25(15)37)27(39)40;;/h7,9,11-14,19,21,36H,3-6,8,10H2,1-2H3,(H,32,43)(H,39,40)(H,41,42);;/q;2*+1/p-2/t11-,12+,13?,19-,21+;;/m1../s1. The number of amides is 2. The van der Waals surface area contributed by atoms with E-state index in [1.165, 1.54) is 16.4 Å². The number of aromatic carboxylic acids is 1. The Labute approximate surface area is 305 Å². The van der Waals surface area contributed by atoms with E-state index < -0.39 is 94.3 Å². The number of nitrogens with one attached hydrogen (secondary N) is 1. The topological polar surface area (TPSA) is 184 Å². The molecule has 3 fully saturated rings. The van der Waals surface area contributed by atoms with Crippen LogP contribution in [0.1, 0.15) is 49.5 Å². The molecule has 2 aromatic rings. The van der Waals surface area contributed by atoms with Gasteiger partial charge in [-0.2, -0.15) is 0 Å². The number of hydrogen-bond donors (Lipinski definition) is 2. The number of halogens is 2. The quantitative estimate of drug-likeness (QED) is 0.204. The minimum atomic E-state index is -1.74. The molecular weight excluding hydrogens is 632 g/mol. The molecule has 2 amide bonds. The minimum absolute atomic E-state index is 0. The van der Waals surface area contributed by atoms with E-state index in [-0.39, 0.29) is 101 Å². The molecular formula is C29H28F2N4Na2O9. The van der Waals surface area contributed by atoms with Crippen LogP contribution in [-0.2, 0) is 14.3 Å². The van der Waals surface area contributed by atoms with Crippen LogP contribution in [0.25, 0.3) is 10.9 Å². The molecule has 46 heavy (non-hydrogen) atoms. The van der Waals surface area contributed by atoms with Crippen molar-refractivity contribution in [3.05, 3.63) is 51.0 Å². The largest absolute Gasteiger partial charge is 1.00 e. The molecule has 0 spiro atoms. The van der Waals surface area contributed by atoms with Gasteiger partial charge in [-0.15, -0.1) is 0 Å². The van der Waals surface area contributed by atoms with Gasteiger partial charge in [0.25, 0.3) is 0 Å². The van der Waals surface area contributed by atoms with Crippen LogP contribution < -0.4 is 85.0 Å². The number of carboxylic acids is 2. The normalized spacial score (nSPS) is 24.2. The summed E-state index contributed by atoms with van der Waals surface area (Å²) < 4.78 is 37.8. The summed E-state index contributed by atoms with van der Waals surface area (Å²) in [6.07, 6.45) is 0.645. The first-order valence-electron chi connectivity index (χ1n) is 14.2. The van der Waals surface area contributed by atoms with Crippen molar-refractivity contribution in [3.63, 3.8) is 0 Å². The summed E-state index contributed by atoms with van der Waals surface area (Å²) in [6, 6.07) is -0.641. The number of hydrogen-bond acceptors (Lipinski definition) is 10. The molecule has 2 N–H and O–H groups in total. The molecule has 0 radical (unpaired) electrons. The molecule has 0 bridgehead atoms. The number of nitrogens with zero attached hydrogens (tertiary/aromatic N) is 3. The van der Waals surface area contributed by atoms with Crippen molar-refractivity contribution in [2.45, 2.75) is 57.3 Å². The predicted molar refractivity (Wildman–Crippen MR) is 143 cm³/mol. The van der Waals surface area contributed by atoms with Gasteiger partial charge in [-0.05, 0) is 37.8 Å². The number of aromatic nitrogens is 1. The third-order valence-corrected chi connectivity index (χ3v) is 9.04. The van der Waals surface area contributed by atoms with Crippen LogP contribution in [0.3, 0.4) is 0 Å². The Balaban J connectivity index is 0.00000240. The molecule has 4 heterocycles. The second-order valence-electron chi connectivity index (χ2n) is 11.8. The predicted octanol–water partition coefficient (Wildman–Crippen LogP) is -6.85. The van der Waals surface area contributed by atoms with E-state index in [0.29, 0.717) is 12.8 Å². The van der Waals surface area contributed by atoms with Crippen molar-refractivity contribution in [1.29, 1.82) is 0 Å². The summed E-state index contributed by atoms with van der Waals surface area (Å²) in [5.41, 5.74) is -2.59. The van der Waals surface area contributed by atoms with Crippen molar-refractivity contribution < 1.29 is 107 Å². The van der Waals surface area contributed by atoms with Crippen molar-refractivity contribution in [2.24, 2.45) is 11.8 Å². The Kier molecular flexibility index (Phi) is 10.7. The number of carboxylic acid groups (broad SMARTS) is 2. The number of benzene rings is 1. The number of aliphatic hydroxyl groups excluding tert-OH is 1. The molecule has 4 aliphatic rings. The van der Waals surface area contributed by atoms with Crippen LogP contribution in [0.4, 0.5) is 19.3 Å². The van der Waals surface area contributed by atoms with Gasteiger partial charge in [-0.1, -0.05) is 6.92 Å². The van der Waals surface area contributed by atoms with E-state index >= 15 is 8.78 Å². The zero-order chi connectivity index (χ0) is 31.8. The van der Waals surface area contributed by atoms with Gasteiger partial charge < -0.3 is 49.3 Å². The van der Waals surface area contributed by atoms with Gasteiger partial charge in [0.1, 0.15) is 18.1 Å². The molecule has 3 aliphatic heterocycles. The number of β-lactam (4-membered cyclic amide) rings is 1. The number of fused-ring (bicyclic) bond motifs is 2. The van der Waals surface area contributed by atoms with Gasteiger partial charge in [-0.25, -0.2) is 13.6 Å². The maximum atomic E-state index is 15.9. The molecule has 1 saturated carbocycles. The Hall–Kier alpha value is -2.53. The zero-order valence-electron chi connectivity index (χ0n) is 25.7. The van der Waals surface area contributed by atoms with Gasteiger partial charge in [0.2, 0.25) is 5.91 Å². The van der Waals surface area contributed by atoms with E-state index in [1.807, 2.05) is 0 Å². The minimum Gasteiger partial charge on any atom is -0.545 e. The Bertz CT molecular complexity index is 1730. The van der Waals surface area contributed by atoms with Gasteiger partial charge >= 0.3 is 65.2 Å². The monoisotopic (exact) mass is 660 g/mol. The van der Waals surface area contributed by atoms with E-state index in [4.69, 9.17) is 4.74 Å². The first-order chi connectivity index (χ1) is 20.8. The SMILES string of the molecule is C[C@H](O)[C@H]1C(=O)N2C(C(=O)[O-])=C(COC(=O)NC3CCN(c4c(F)cc5c(=O)c(C(=O)[O-])cn(C6CC6)c5c4F)C3)[C@@H](C)[C@@H]12.[Na+].[Na+]. The van der Waals surface area contributed by atoms with Crippen LogP contribution in [0.5, 0.6) is 0 Å². The maximum absolute atomic E-state index is 15.9. The molecule has 2 saturated heterocycles. The Morgan fingerprint density at radius 3 is 2.39 bits per heavy atom. The summed E-state index contributed by atoms with van der Waals surface area (Å²) in [6.45, 7) is 2.75. The molecule has 13 nitrogen and oxygen atoms in total. The fraction of sp³-hybridized carbons (Fsp3) is 0.483. The number of aliphatic carboxylic acids is 1. The molecule has 1 unspecified atom stereocenters. The number of carbonyl (C=O) groups excluding carboxylic acids is 4. The zero-order valence-corrected chi connectivity index (χ0v) is 29.7. The number of anilines is 1. The molecule has 6 rings (SSSR count). The first kappa shape index (κ1) is 36.3. The number of rotatable bonds is 8. The summed E-state index contributed by atoms with van der Waals surface area (Å²) in [5, 5.41) is 35.5. The Morgan fingerprint density at radius 1 is 1.13 bits per heavy atom. The van der Waals surface area contributed by atoms with Crippen LogP contribution >= 0.6 is 0 Å². The number of alkyl carbamates (subject to hydrolysis) is 1. The average molecular weight is 661 g/mol. The fourth-order valence-electron chi connectivity index (χ4n) is 6.76. The second-order valence-corrected chi connectivity index (χ2v) is 11.8. The summed E-state index contributed by atoms with van der Waals surface area (Å²) in [5.74, 6) is -7.31. The number of ether oxygens (including phenoxy) is 1. The van der Waals surface area contributed by atoms with Crippen molar-refractivity contribution in [2.75, 3.05) is 24.6 Å². The van der Waals surface area contributed by atoms with Gasteiger partial charge in [0, 0.05) is 31.2 Å². The van der Waals surface area contributed by atoms with Gasteiger partial charge in [0.05, 0.1) is 58.2 Å². The summed E-state index contributed by atoms with van der Waals surface area (Å²) >= 11 is 0. The van der Waals surface area contributed by atoms with Gasteiger partial charge in [0.15, 0.2) is 11.2 Å². The van der Waals surface area contributed by atoms with Crippen molar-refractivity contribution >= 4 is 40.5 Å². The van der Waals surface area contributed by atoms with Crippen LogP contribution in [0.2, 0.25) is 0 Å². The second kappa shape index (κ2) is 13.5. The molecule has 1 aliphatic carbocycles. The first-order valence-corrected chi connectivity index (χ1v) is 14.2. The van der Waals surface area contributed by atoms with E-state index in [0.717, 1.165) is 17.2 Å². The number of pyridine rings is 1. The van der Waals surface area contributed by atoms with E-state index in [1.54, 1.807) is 6.92 Å². The molecule has 234 valence electrons. The maximum Gasteiger partial charge on any atom is 1.00 e. The van der Waals surface area contributed by atoms with Crippen LogP contribution in [0, 0.1) is 23.5 Å². The van der Waals surface area contributed by atoms with E-state index in [2.05, 4.69) is 5.32 Å². The fourth-order valence-corrected chi connectivity index (χ4v) is 6.76. The molecule has 5 atom stereocenters. The van der Waals surface area contributed by atoms with E-state index in [9.17, 15) is 39.3 Å². The van der Waals surface area contributed by atoms with Crippen LogP contribution in [-0.4, -0.2) is 76.4 Å². The van der Waals surface area contributed by atoms with Crippen molar-refractivity contribution in [1.82, 2.24) is 14.8 Å². The smallest absolute Gasteiger partial charge is 0.545 e. The number of aliphatic hydroxyl groups is 1. The molecule has 17 heteroatoms. The van der Waals surface area contributed by atoms with Crippen molar-refractivity contribution in [3.8, 4) is 0 Å². The summed E-state index contributed by atoms with van der Waals surface area (Å²) in [7, 11) is 0. The van der Waals surface area contributed by atoms with Crippen LogP contribution in [0.15, 0.2) is 28.3 Å². The average Bonchev–Trinajstić information content (AvgIpc) is 3.63. The third kappa shape index (κ3) is 5.99.